The van der Waals surface area contributed by atoms with Crippen molar-refractivity contribution in [2.24, 2.45) is 23.7 Å². The van der Waals surface area contributed by atoms with Crippen LogP contribution in [-0.4, -0.2) is 112 Å². The Morgan fingerprint density at radius 3 is 2.37 bits per heavy atom. The van der Waals surface area contributed by atoms with Gasteiger partial charge in [-0.1, -0.05) is 0 Å². The SMILES string of the molecule is COC1CCC(NC(=O)[C@H](C)OC2CCC3C(C2)C2CC[NH2+]C4C5CCC(OC)C(OC)C5C(=O)N3C24)C(OC)C1. The number of amides is 2. The number of hydrogen-bond acceptors (Lipinski definition) is 7. The van der Waals surface area contributed by atoms with E-state index in [0.29, 0.717) is 35.7 Å². The lowest BCUT2D eigenvalue weighted by Gasteiger charge is -2.53. The third kappa shape index (κ3) is 5.24. The highest BCUT2D eigenvalue weighted by Crippen LogP contribution is 2.53. The maximum atomic E-state index is 14.3. The number of carbonyl (C=O) groups excluding carboxylic acids is 2. The maximum Gasteiger partial charge on any atom is 0.249 e. The van der Waals surface area contributed by atoms with Crippen LogP contribution >= 0.6 is 0 Å². The van der Waals surface area contributed by atoms with Crippen LogP contribution in [0.25, 0.3) is 0 Å². The molecule has 6 fully saturated rings. The van der Waals surface area contributed by atoms with Crippen molar-refractivity contribution in [1.82, 2.24) is 10.2 Å². The summed E-state index contributed by atoms with van der Waals surface area (Å²) in [7, 11) is 6.91. The number of nitrogens with zero attached hydrogens (tertiary/aromatic N) is 1. The molecule has 0 aromatic heterocycles. The fraction of sp³-hybridized carbons (Fsp3) is 0.935. The van der Waals surface area contributed by atoms with Crippen molar-refractivity contribution >= 4 is 11.8 Å². The molecule has 0 aromatic rings. The van der Waals surface area contributed by atoms with Gasteiger partial charge < -0.3 is 39.2 Å². The lowest BCUT2D eigenvalue weighted by atomic mass is 9.64. The van der Waals surface area contributed by atoms with E-state index >= 15 is 0 Å². The lowest BCUT2D eigenvalue weighted by molar-refractivity contribution is -0.713. The van der Waals surface area contributed by atoms with Crippen molar-refractivity contribution in [2.45, 2.75) is 126 Å². The van der Waals surface area contributed by atoms with Crippen LogP contribution < -0.4 is 10.6 Å². The third-order valence-corrected chi connectivity index (χ3v) is 11.9. The number of nitrogens with two attached hydrogens (primary N) is 1. The van der Waals surface area contributed by atoms with Gasteiger partial charge in [-0.2, -0.15) is 0 Å². The van der Waals surface area contributed by atoms with Gasteiger partial charge in [0.25, 0.3) is 0 Å². The van der Waals surface area contributed by atoms with Crippen LogP contribution in [0.5, 0.6) is 0 Å². The summed E-state index contributed by atoms with van der Waals surface area (Å²) in [6.07, 6.45) is 7.82. The molecule has 0 aromatic carbocycles. The summed E-state index contributed by atoms with van der Waals surface area (Å²) in [6.45, 7) is 2.99. The molecule has 2 amide bonds. The van der Waals surface area contributed by atoms with Crippen molar-refractivity contribution in [2.75, 3.05) is 35.0 Å². The standard InChI is InChI=1S/C31H51N3O7/c1-16(30(35)33-22-9-6-17(37-2)15-25(22)39-4)41-18-7-10-23-21(14-18)19-12-13-32-27-20-8-11-24(38-3)29(40-5)26(20)31(36)34(23)28(19)27/h16-29,32H,6-15H2,1-5H3,(H,33,35)/p+1/t16-,17?,18?,19?,20?,21?,22?,23?,24?,25?,26?,27?,28?,29?/m0/s1. The van der Waals surface area contributed by atoms with Crippen LogP contribution in [0.2, 0.25) is 0 Å². The van der Waals surface area contributed by atoms with Crippen LogP contribution in [0.1, 0.15) is 64.7 Å². The normalized spacial score (nSPS) is 46.3. The van der Waals surface area contributed by atoms with E-state index in [0.717, 1.165) is 64.3 Å². The van der Waals surface area contributed by atoms with Crippen molar-refractivity contribution in [3.8, 4) is 0 Å². The first kappa shape index (κ1) is 29.8. The van der Waals surface area contributed by atoms with E-state index in [4.69, 9.17) is 23.7 Å². The minimum absolute atomic E-state index is 0.0227. The van der Waals surface area contributed by atoms with Gasteiger partial charge in [0.2, 0.25) is 11.8 Å². The molecule has 0 spiro atoms. The van der Waals surface area contributed by atoms with Gasteiger partial charge in [0.1, 0.15) is 12.1 Å². The quantitative estimate of drug-likeness (QED) is 0.440. The monoisotopic (exact) mass is 578 g/mol. The summed E-state index contributed by atoms with van der Waals surface area (Å²) >= 11 is 0. The molecule has 3 aliphatic heterocycles. The molecule has 13 unspecified atom stereocenters. The maximum absolute atomic E-state index is 14.3. The zero-order valence-corrected chi connectivity index (χ0v) is 25.5. The predicted molar refractivity (Wildman–Crippen MR) is 150 cm³/mol. The van der Waals surface area contributed by atoms with Crippen molar-refractivity contribution in [1.29, 1.82) is 0 Å². The lowest BCUT2D eigenvalue weighted by Crippen LogP contribution is -2.99. The summed E-state index contributed by atoms with van der Waals surface area (Å²) in [5.41, 5.74) is 0. The largest absolute Gasteiger partial charge is 0.381 e. The molecule has 3 saturated carbocycles. The second-order valence-electron chi connectivity index (χ2n) is 13.5. The van der Waals surface area contributed by atoms with E-state index in [9.17, 15) is 9.59 Å². The van der Waals surface area contributed by atoms with Crippen molar-refractivity contribution < 1.29 is 38.6 Å². The molecule has 0 bridgehead atoms. The Labute approximate surface area is 244 Å². The molecule has 10 nitrogen and oxygen atoms in total. The number of quaternary nitrogens is 1. The summed E-state index contributed by atoms with van der Waals surface area (Å²) < 4.78 is 29.4. The zero-order chi connectivity index (χ0) is 28.8. The highest BCUT2D eigenvalue weighted by molar-refractivity contribution is 5.83. The molecular weight excluding hydrogens is 526 g/mol. The van der Waals surface area contributed by atoms with E-state index in [2.05, 4.69) is 15.5 Å². The average Bonchev–Trinajstić information content (AvgIpc) is 3.33. The van der Waals surface area contributed by atoms with Crippen LogP contribution in [0.3, 0.4) is 0 Å². The number of hydrogen-bond donors (Lipinski definition) is 2. The molecule has 6 aliphatic rings. The van der Waals surface area contributed by atoms with Crippen LogP contribution in [0, 0.1) is 23.7 Å². The molecule has 3 saturated heterocycles. The Morgan fingerprint density at radius 1 is 0.854 bits per heavy atom. The Kier molecular flexibility index (Phi) is 8.97. The Bertz CT molecular complexity index is 953. The van der Waals surface area contributed by atoms with E-state index in [1.54, 1.807) is 28.4 Å². The Hall–Kier alpha value is -1.30. The number of piperidine rings is 2. The van der Waals surface area contributed by atoms with E-state index in [-0.39, 0.29) is 54.4 Å². The van der Waals surface area contributed by atoms with Gasteiger partial charge in [0, 0.05) is 53.2 Å². The average molecular weight is 579 g/mol. The minimum atomic E-state index is -0.524. The van der Waals surface area contributed by atoms with Gasteiger partial charge in [-0.3, -0.25) is 9.59 Å². The molecule has 14 atom stereocenters. The van der Waals surface area contributed by atoms with Crippen LogP contribution in [-0.2, 0) is 33.3 Å². The molecule has 3 N–H and O–H groups in total. The number of ether oxygens (including phenoxy) is 5. The second kappa shape index (κ2) is 12.4. The van der Waals surface area contributed by atoms with Gasteiger partial charge in [-0.15, -0.1) is 0 Å². The number of rotatable bonds is 8. The van der Waals surface area contributed by atoms with Crippen LogP contribution in [0.15, 0.2) is 0 Å². The topological polar surface area (TPSA) is 112 Å². The molecule has 0 radical (unpaired) electrons. The predicted octanol–water partition coefficient (Wildman–Crippen LogP) is 0.860. The Balaban J connectivity index is 1.11. The molecule has 6 rings (SSSR count). The number of carbonyl (C=O) groups is 2. The fourth-order valence-corrected chi connectivity index (χ4v) is 10.0. The number of methoxy groups -OCH3 is 4. The zero-order valence-electron chi connectivity index (χ0n) is 25.5. The van der Waals surface area contributed by atoms with Crippen molar-refractivity contribution in [3.63, 3.8) is 0 Å². The highest BCUT2D eigenvalue weighted by atomic mass is 16.5. The molecule has 3 heterocycles. The smallest absolute Gasteiger partial charge is 0.249 e. The highest BCUT2D eigenvalue weighted by Gasteiger charge is 2.66. The number of nitrogens with one attached hydrogen (secondary N) is 1. The van der Waals surface area contributed by atoms with E-state index in [1.165, 1.54) is 0 Å². The summed E-state index contributed by atoms with van der Waals surface area (Å²) in [6, 6.07) is 0.973. The molecule has 41 heavy (non-hydrogen) atoms. The third-order valence-electron chi connectivity index (χ3n) is 11.9. The molecule has 3 aliphatic carbocycles. The van der Waals surface area contributed by atoms with Gasteiger partial charge in [0.15, 0.2) is 0 Å². The Morgan fingerprint density at radius 2 is 1.63 bits per heavy atom. The fourth-order valence-electron chi connectivity index (χ4n) is 10.0. The molecule has 10 heteroatoms. The van der Waals surface area contributed by atoms with Gasteiger partial charge in [0.05, 0.1) is 55.1 Å². The first-order valence-electron chi connectivity index (χ1n) is 16.1. The van der Waals surface area contributed by atoms with E-state index < -0.39 is 6.10 Å². The first-order chi connectivity index (χ1) is 19.9. The first-order valence-corrected chi connectivity index (χ1v) is 16.1. The summed E-state index contributed by atoms with van der Waals surface area (Å²) in [5.74, 6) is 1.38. The summed E-state index contributed by atoms with van der Waals surface area (Å²) in [5, 5.41) is 5.74. The van der Waals surface area contributed by atoms with Crippen LogP contribution in [0.4, 0.5) is 0 Å². The van der Waals surface area contributed by atoms with Gasteiger partial charge in [-0.05, 0) is 63.7 Å². The summed E-state index contributed by atoms with van der Waals surface area (Å²) in [4.78, 5) is 29.8. The van der Waals surface area contributed by atoms with E-state index in [1.807, 2.05) is 6.92 Å². The van der Waals surface area contributed by atoms with Gasteiger partial charge in [-0.25, -0.2) is 0 Å². The number of fused-ring (bicyclic) bond motifs is 5. The molecular formula is C31H52N3O7+. The second-order valence-corrected chi connectivity index (χ2v) is 13.5. The molecule has 232 valence electrons. The van der Waals surface area contributed by atoms with Gasteiger partial charge >= 0.3 is 0 Å². The minimum Gasteiger partial charge on any atom is -0.381 e. The van der Waals surface area contributed by atoms with Crippen molar-refractivity contribution in [3.05, 3.63) is 0 Å².